The highest BCUT2D eigenvalue weighted by atomic mass is 79.9. The number of nitrogens with two attached hydrogens (primary N) is 1. The SMILES string of the molecule is C[C@@H](C(=O)O)N(c1ccc2ccccc2c1)P(=O)(OC[C@@H]1C=C[C@H](n2cnc3c(Cl)nc(N)nc32)C1)Oc1ccc(Br)cc1. The largest absolute Gasteiger partial charge is 0.489 e. The Balaban J connectivity index is 1.31. The highest BCUT2D eigenvalue weighted by Gasteiger charge is 2.43. The molecule has 0 saturated carbocycles. The topological polar surface area (TPSA) is 146 Å². The van der Waals surface area contributed by atoms with Gasteiger partial charge in [-0.25, -0.2) is 14.3 Å². The molecule has 226 valence electrons. The molecule has 3 N–H and O–H groups in total. The van der Waals surface area contributed by atoms with Gasteiger partial charge in [-0.1, -0.05) is 70.0 Å². The van der Waals surface area contributed by atoms with Gasteiger partial charge in [-0.2, -0.15) is 9.97 Å². The molecule has 0 saturated heterocycles. The minimum Gasteiger partial charge on any atom is -0.480 e. The summed E-state index contributed by atoms with van der Waals surface area (Å²) in [6, 6.07) is 18.3. The summed E-state index contributed by atoms with van der Waals surface area (Å²) in [6.07, 6.45) is 6.12. The maximum atomic E-state index is 14.9. The third-order valence-electron chi connectivity index (χ3n) is 7.38. The van der Waals surface area contributed by atoms with Crippen LogP contribution in [0, 0.1) is 5.92 Å². The van der Waals surface area contributed by atoms with Crippen LogP contribution in [-0.2, 0) is 13.9 Å². The molecular weight excluding hydrogens is 671 g/mol. The number of imidazole rings is 1. The number of carbonyl (C=O) groups is 1. The Hall–Kier alpha value is -3.96. The molecule has 1 aliphatic carbocycles. The van der Waals surface area contributed by atoms with Crippen LogP contribution in [0.25, 0.3) is 21.9 Å². The van der Waals surface area contributed by atoms with Crippen LogP contribution < -0.4 is 14.9 Å². The molecule has 0 aliphatic heterocycles. The number of aliphatic carboxylic acids is 1. The standard InChI is InChI=1S/C30H27BrClN6O5P/c1-18(29(39)40)38(24-11-7-20-4-2-3-5-21(20)15-24)44(41,43-25-12-8-22(31)9-13-25)42-16-19-6-10-23(14-19)37-17-34-26-27(32)35-30(33)36-28(26)37/h2-13,15,17-19,23H,14,16H2,1H3,(H,39,40)(H2,33,35,36)/t18-,19+,23-,44?/m0/s1. The Morgan fingerprint density at radius 1 is 1.16 bits per heavy atom. The number of carboxylic acid groups (broad SMARTS) is 1. The van der Waals surface area contributed by atoms with Gasteiger partial charge in [0.25, 0.3) is 0 Å². The number of nitrogens with zero attached hydrogens (tertiary/aromatic N) is 5. The van der Waals surface area contributed by atoms with Gasteiger partial charge in [-0.15, -0.1) is 0 Å². The molecule has 2 aromatic heterocycles. The number of anilines is 2. The van der Waals surface area contributed by atoms with Crippen molar-refractivity contribution < 1.29 is 23.5 Å². The fourth-order valence-corrected chi connectivity index (χ4v) is 7.62. The highest BCUT2D eigenvalue weighted by Crippen LogP contribution is 2.56. The number of halogens is 2. The van der Waals surface area contributed by atoms with Gasteiger partial charge in [0.15, 0.2) is 10.8 Å². The van der Waals surface area contributed by atoms with E-state index < -0.39 is 19.8 Å². The molecule has 11 nitrogen and oxygen atoms in total. The van der Waals surface area contributed by atoms with Crippen molar-refractivity contribution >= 4 is 74.8 Å². The van der Waals surface area contributed by atoms with Crippen molar-refractivity contribution in [3.05, 3.63) is 94.8 Å². The summed E-state index contributed by atoms with van der Waals surface area (Å²) in [4.78, 5) is 25.0. The number of hydrogen-bond donors (Lipinski definition) is 2. The summed E-state index contributed by atoms with van der Waals surface area (Å²) >= 11 is 9.60. The van der Waals surface area contributed by atoms with Crippen LogP contribution >= 0.6 is 35.3 Å². The number of hydrogen-bond acceptors (Lipinski definition) is 8. The molecule has 6 rings (SSSR count). The van der Waals surface area contributed by atoms with Crippen LogP contribution in [0.5, 0.6) is 5.75 Å². The molecule has 0 fully saturated rings. The van der Waals surface area contributed by atoms with E-state index in [0.29, 0.717) is 23.3 Å². The lowest BCUT2D eigenvalue weighted by atomic mass is 10.1. The summed E-state index contributed by atoms with van der Waals surface area (Å²) in [5, 5.41) is 12.1. The quantitative estimate of drug-likeness (QED) is 0.0868. The van der Waals surface area contributed by atoms with E-state index in [1.54, 1.807) is 42.7 Å². The number of rotatable bonds is 10. The summed E-state index contributed by atoms with van der Waals surface area (Å²) in [5.74, 6) is -1.07. The Kier molecular flexibility index (Phi) is 8.34. The number of allylic oxidation sites excluding steroid dienone is 1. The van der Waals surface area contributed by atoms with E-state index in [-0.39, 0.29) is 35.4 Å². The Morgan fingerprint density at radius 2 is 1.91 bits per heavy atom. The lowest BCUT2D eigenvalue weighted by molar-refractivity contribution is -0.138. The van der Waals surface area contributed by atoms with Gasteiger partial charge in [0.2, 0.25) is 5.95 Å². The predicted molar refractivity (Wildman–Crippen MR) is 173 cm³/mol. The van der Waals surface area contributed by atoms with Gasteiger partial charge in [0.05, 0.1) is 19.0 Å². The average molecular weight is 698 g/mol. The van der Waals surface area contributed by atoms with Crippen molar-refractivity contribution in [1.82, 2.24) is 19.5 Å². The van der Waals surface area contributed by atoms with E-state index in [0.717, 1.165) is 15.2 Å². The van der Waals surface area contributed by atoms with Gasteiger partial charge < -0.3 is 19.9 Å². The number of nitrogen functional groups attached to an aromatic ring is 1. The zero-order valence-corrected chi connectivity index (χ0v) is 26.6. The second-order valence-corrected chi connectivity index (χ2v) is 13.4. The molecule has 0 bridgehead atoms. The fourth-order valence-electron chi connectivity index (χ4n) is 5.18. The molecule has 0 spiro atoms. The maximum Gasteiger partial charge on any atom is 0.489 e. The lowest BCUT2D eigenvalue weighted by Crippen LogP contribution is -2.38. The smallest absolute Gasteiger partial charge is 0.480 e. The van der Waals surface area contributed by atoms with Gasteiger partial charge in [-0.3, -0.25) is 9.19 Å². The first-order valence-electron chi connectivity index (χ1n) is 13.7. The van der Waals surface area contributed by atoms with Crippen LogP contribution in [-0.4, -0.2) is 43.2 Å². The molecule has 3 aromatic carbocycles. The normalized spacial score (nSPS) is 18.3. The van der Waals surface area contributed by atoms with E-state index >= 15 is 0 Å². The minimum atomic E-state index is -4.33. The van der Waals surface area contributed by atoms with Crippen LogP contribution in [0.4, 0.5) is 11.6 Å². The van der Waals surface area contributed by atoms with E-state index in [4.69, 9.17) is 26.4 Å². The van der Waals surface area contributed by atoms with Gasteiger partial charge in [0, 0.05) is 16.1 Å². The van der Waals surface area contributed by atoms with Crippen LogP contribution in [0.1, 0.15) is 19.4 Å². The second kappa shape index (κ2) is 12.2. The van der Waals surface area contributed by atoms with Crippen LogP contribution in [0.3, 0.4) is 0 Å². The molecule has 1 aliphatic rings. The third-order valence-corrected chi connectivity index (χ3v) is 10.2. The first-order chi connectivity index (χ1) is 21.1. The minimum absolute atomic E-state index is 0.0122. The zero-order chi connectivity index (χ0) is 31.0. The zero-order valence-electron chi connectivity index (χ0n) is 23.3. The molecule has 2 heterocycles. The van der Waals surface area contributed by atoms with Gasteiger partial charge in [0.1, 0.15) is 17.3 Å². The molecule has 14 heteroatoms. The number of carboxylic acids is 1. The van der Waals surface area contributed by atoms with Crippen molar-refractivity contribution in [2.75, 3.05) is 17.0 Å². The van der Waals surface area contributed by atoms with E-state index in [2.05, 4.69) is 30.9 Å². The first kappa shape index (κ1) is 30.1. The Morgan fingerprint density at radius 3 is 2.66 bits per heavy atom. The highest BCUT2D eigenvalue weighted by molar-refractivity contribution is 9.10. The van der Waals surface area contributed by atoms with Gasteiger partial charge in [-0.05, 0) is 60.5 Å². The van der Waals surface area contributed by atoms with Crippen molar-refractivity contribution in [3.8, 4) is 5.75 Å². The van der Waals surface area contributed by atoms with Crippen molar-refractivity contribution in [2.45, 2.75) is 25.4 Å². The van der Waals surface area contributed by atoms with Crippen molar-refractivity contribution in [2.24, 2.45) is 5.92 Å². The molecular formula is C30H27BrClN6O5P. The first-order valence-corrected chi connectivity index (χ1v) is 16.3. The van der Waals surface area contributed by atoms with Crippen molar-refractivity contribution in [3.63, 3.8) is 0 Å². The van der Waals surface area contributed by atoms with Crippen LogP contribution in [0.15, 0.2) is 89.7 Å². The van der Waals surface area contributed by atoms with Crippen molar-refractivity contribution in [1.29, 1.82) is 0 Å². The van der Waals surface area contributed by atoms with E-state index in [1.807, 2.05) is 47.1 Å². The Bertz CT molecular complexity index is 1940. The summed E-state index contributed by atoms with van der Waals surface area (Å²) in [5.41, 5.74) is 7.15. The fraction of sp³-hybridized carbons (Fsp3) is 0.200. The molecule has 4 atom stereocenters. The molecule has 44 heavy (non-hydrogen) atoms. The Labute approximate surface area is 266 Å². The monoisotopic (exact) mass is 696 g/mol. The van der Waals surface area contributed by atoms with E-state index in [1.165, 1.54) is 11.6 Å². The average Bonchev–Trinajstić information content (AvgIpc) is 3.64. The van der Waals surface area contributed by atoms with Gasteiger partial charge >= 0.3 is 13.7 Å². The maximum absolute atomic E-state index is 14.9. The molecule has 0 amide bonds. The number of benzene rings is 3. The summed E-state index contributed by atoms with van der Waals surface area (Å²) < 4.78 is 31.0. The molecule has 0 radical (unpaired) electrons. The number of aromatic nitrogens is 4. The van der Waals surface area contributed by atoms with E-state index in [9.17, 15) is 14.5 Å². The predicted octanol–water partition coefficient (Wildman–Crippen LogP) is 7.28. The molecule has 5 aromatic rings. The lowest BCUT2D eigenvalue weighted by Gasteiger charge is -2.35. The number of fused-ring (bicyclic) bond motifs is 2. The molecule has 1 unspecified atom stereocenters. The summed E-state index contributed by atoms with van der Waals surface area (Å²) in [7, 11) is -4.33. The third kappa shape index (κ3) is 6.03. The van der Waals surface area contributed by atoms with Crippen LogP contribution in [0.2, 0.25) is 5.15 Å². The second-order valence-electron chi connectivity index (χ2n) is 10.3. The summed E-state index contributed by atoms with van der Waals surface area (Å²) in [6.45, 7) is 1.44.